The Kier molecular flexibility index (Phi) is 4.01. The number of hydrogen-bond acceptors (Lipinski definition) is 5. The second-order valence-corrected chi connectivity index (χ2v) is 6.47. The van der Waals surface area contributed by atoms with Crippen LogP contribution in [0.2, 0.25) is 0 Å². The number of aryl methyl sites for hydroxylation is 1. The van der Waals surface area contributed by atoms with Crippen molar-refractivity contribution in [3.63, 3.8) is 0 Å². The van der Waals surface area contributed by atoms with Crippen LogP contribution in [-0.2, 0) is 0 Å². The van der Waals surface area contributed by atoms with Crippen molar-refractivity contribution in [2.45, 2.75) is 38.8 Å². The van der Waals surface area contributed by atoms with Gasteiger partial charge in [0.1, 0.15) is 18.2 Å². The number of nitrogens with one attached hydrogen (secondary N) is 1. The van der Waals surface area contributed by atoms with Crippen molar-refractivity contribution in [2.24, 2.45) is 0 Å². The molecule has 0 saturated carbocycles. The molecule has 2 aromatic rings. The van der Waals surface area contributed by atoms with E-state index in [1.807, 2.05) is 25.1 Å². The molecule has 23 heavy (non-hydrogen) atoms. The number of rotatable bonds is 4. The van der Waals surface area contributed by atoms with Crippen LogP contribution in [0.5, 0.6) is 5.88 Å². The monoisotopic (exact) mass is 308 g/mol. The summed E-state index contributed by atoms with van der Waals surface area (Å²) in [5, 5.41) is 12.8. The van der Waals surface area contributed by atoms with Gasteiger partial charge in [-0.25, -0.2) is 4.98 Å². The van der Waals surface area contributed by atoms with Crippen LogP contribution in [0.3, 0.4) is 0 Å². The summed E-state index contributed by atoms with van der Waals surface area (Å²) in [6, 6.07) is 8.39. The summed E-state index contributed by atoms with van der Waals surface area (Å²) in [4.78, 5) is 8.53. The molecule has 1 aliphatic rings. The Labute approximate surface area is 136 Å². The fourth-order valence-electron chi connectivity index (χ4n) is 3.11. The Hall–Kier alpha value is -2.45. The number of nitrogens with zero attached hydrogens (tertiary/aromatic N) is 3. The zero-order valence-electron chi connectivity index (χ0n) is 13.6. The second kappa shape index (κ2) is 5.98. The minimum atomic E-state index is -0.0330. The van der Waals surface area contributed by atoms with Crippen molar-refractivity contribution in [1.82, 2.24) is 15.3 Å². The fourth-order valence-corrected chi connectivity index (χ4v) is 3.11. The summed E-state index contributed by atoms with van der Waals surface area (Å²) < 4.78 is 5.79. The van der Waals surface area contributed by atoms with Crippen molar-refractivity contribution < 1.29 is 4.74 Å². The highest BCUT2D eigenvalue weighted by Gasteiger charge is 2.37. The van der Waals surface area contributed by atoms with E-state index in [2.05, 4.69) is 35.2 Å². The van der Waals surface area contributed by atoms with Crippen molar-refractivity contribution >= 4 is 0 Å². The standard InChI is InChI=1S/C18H20N4O/c1-12-6-14(4-5-20-12)16-7-15(9-19)17(21-10-16)23-11-18(3)8-13(2)22-18/h4-7,10,13,22H,8,11H2,1-3H3/t13?,18-/m0/s1. The van der Waals surface area contributed by atoms with Crippen LogP contribution in [0.25, 0.3) is 11.1 Å². The van der Waals surface area contributed by atoms with E-state index in [0.29, 0.717) is 24.1 Å². The highest BCUT2D eigenvalue weighted by atomic mass is 16.5. The Morgan fingerprint density at radius 1 is 1.39 bits per heavy atom. The second-order valence-electron chi connectivity index (χ2n) is 6.47. The molecule has 0 bridgehead atoms. The first-order valence-electron chi connectivity index (χ1n) is 7.73. The molecule has 0 aromatic carbocycles. The average molecular weight is 308 g/mol. The van der Waals surface area contributed by atoms with Crippen LogP contribution in [0, 0.1) is 18.3 Å². The van der Waals surface area contributed by atoms with Crippen LogP contribution in [0.15, 0.2) is 30.6 Å². The smallest absolute Gasteiger partial charge is 0.231 e. The van der Waals surface area contributed by atoms with Gasteiger partial charge in [0.05, 0.1) is 5.54 Å². The van der Waals surface area contributed by atoms with Crippen LogP contribution in [0.1, 0.15) is 31.5 Å². The van der Waals surface area contributed by atoms with Gasteiger partial charge < -0.3 is 10.1 Å². The zero-order valence-corrected chi connectivity index (χ0v) is 13.6. The maximum atomic E-state index is 9.39. The Balaban J connectivity index is 1.79. The number of ether oxygens (including phenoxy) is 1. The van der Waals surface area contributed by atoms with Crippen molar-refractivity contribution in [1.29, 1.82) is 5.26 Å². The first kappa shape index (κ1) is 15.4. The third-order valence-electron chi connectivity index (χ3n) is 4.08. The molecule has 1 saturated heterocycles. The zero-order chi connectivity index (χ0) is 16.4. The molecule has 1 N–H and O–H groups in total. The SMILES string of the molecule is Cc1cc(-c2cnc(OC[C@]3(C)CC(C)N3)c(C#N)c2)ccn1. The highest BCUT2D eigenvalue weighted by molar-refractivity contribution is 5.65. The maximum absolute atomic E-state index is 9.39. The molecule has 2 aromatic heterocycles. The summed E-state index contributed by atoms with van der Waals surface area (Å²) in [7, 11) is 0. The quantitative estimate of drug-likeness (QED) is 0.940. The van der Waals surface area contributed by atoms with Crippen LogP contribution >= 0.6 is 0 Å². The van der Waals surface area contributed by atoms with Gasteiger partial charge in [0, 0.05) is 29.7 Å². The number of aromatic nitrogens is 2. The minimum Gasteiger partial charge on any atom is -0.475 e. The van der Waals surface area contributed by atoms with E-state index in [0.717, 1.165) is 23.2 Å². The van der Waals surface area contributed by atoms with E-state index < -0.39 is 0 Å². The highest BCUT2D eigenvalue weighted by Crippen LogP contribution is 2.27. The lowest BCUT2D eigenvalue weighted by atomic mass is 9.85. The predicted molar refractivity (Wildman–Crippen MR) is 88.0 cm³/mol. The first-order valence-corrected chi connectivity index (χ1v) is 7.73. The molecule has 3 rings (SSSR count). The molecular weight excluding hydrogens is 288 g/mol. The lowest BCUT2D eigenvalue weighted by molar-refractivity contribution is 0.0925. The van der Waals surface area contributed by atoms with Crippen LogP contribution < -0.4 is 10.1 Å². The summed E-state index contributed by atoms with van der Waals surface area (Å²) in [6.07, 6.45) is 4.55. The first-order chi connectivity index (χ1) is 11.0. The van der Waals surface area contributed by atoms with Crippen molar-refractivity contribution in [2.75, 3.05) is 6.61 Å². The van der Waals surface area contributed by atoms with Gasteiger partial charge in [-0.1, -0.05) is 0 Å². The topological polar surface area (TPSA) is 70.8 Å². The Morgan fingerprint density at radius 3 is 2.83 bits per heavy atom. The number of hydrogen-bond donors (Lipinski definition) is 1. The van der Waals surface area contributed by atoms with Crippen molar-refractivity contribution in [3.05, 3.63) is 41.9 Å². The van der Waals surface area contributed by atoms with E-state index in [9.17, 15) is 5.26 Å². The fraction of sp³-hybridized carbons (Fsp3) is 0.389. The van der Waals surface area contributed by atoms with Gasteiger partial charge in [0.25, 0.3) is 0 Å². The van der Waals surface area contributed by atoms with E-state index in [-0.39, 0.29) is 5.54 Å². The van der Waals surface area contributed by atoms with Gasteiger partial charge in [0.15, 0.2) is 0 Å². The lowest BCUT2D eigenvalue weighted by Gasteiger charge is -2.44. The van der Waals surface area contributed by atoms with E-state index in [1.165, 1.54) is 0 Å². The van der Waals surface area contributed by atoms with Gasteiger partial charge in [-0.3, -0.25) is 4.98 Å². The molecule has 5 heteroatoms. The largest absolute Gasteiger partial charge is 0.475 e. The van der Waals surface area contributed by atoms with Gasteiger partial charge in [-0.15, -0.1) is 0 Å². The molecule has 0 amide bonds. The molecule has 1 aliphatic heterocycles. The van der Waals surface area contributed by atoms with E-state index >= 15 is 0 Å². The maximum Gasteiger partial charge on any atom is 0.231 e. The van der Waals surface area contributed by atoms with Gasteiger partial charge in [-0.05, 0) is 51.0 Å². The average Bonchev–Trinajstić information content (AvgIpc) is 2.51. The molecule has 2 atom stereocenters. The molecule has 0 radical (unpaired) electrons. The van der Waals surface area contributed by atoms with E-state index in [1.54, 1.807) is 12.4 Å². The van der Waals surface area contributed by atoms with Gasteiger partial charge in [-0.2, -0.15) is 5.26 Å². The Bertz CT molecular complexity index is 760. The number of pyridine rings is 2. The van der Waals surface area contributed by atoms with Gasteiger partial charge in [0.2, 0.25) is 5.88 Å². The van der Waals surface area contributed by atoms with Crippen LogP contribution in [-0.4, -0.2) is 28.2 Å². The van der Waals surface area contributed by atoms with Crippen LogP contribution in [0.4, 0.5) is 0 Å². The number of nitriles is 1. The Morgan fingerprint density at radius 2 is 2.17 bits per heavy atom. The van der Waals surface area contributed by atoms with Crippen molar-refractivity contribution in [3.8, 4) is 23.1 Å². The molecule has 5 nitrogen and oxygen atoms in total. The summed E-state index contributed by atoms with van der Waals surface area (Å²) in [5.74, 6) is 0.393. The summed E-state index contributed by atoms with van der Waals surface area (Å²) >= 11 is 0. The predicted octanol–water partition coefficient (Wildman–Crippen LogP) is 2.84. The lowest BCUT2D eigenvalue weighted by Crippen LogP contribution is -2.63. The van der Waals surface area contributed by atoms with E-state index in [4.69, 9.17) is 4.74 Å². The molecule has 0 aliphatic carbocycles. The molecular formula is C18H20N4O. The summed E-state index contributed by atoms with van der Waals surface area (Å²) in [6.45, 7) is 6.71. The third-order valence-corrected chi connectivity index (χ3v) is 4.08. The normalized spacial score (nSPS) is 23.0. The molecule has 1 fully saturated rings. The summed E-state index contributed by atoms with van der Waals surface area (Å²) in [5.41, 5.74) is 3.23. The van der Waals surface area contributed by atoms with Gasteiger partial charge >= 0.3 is 0 Å². The third kappa shape index (κ3) is 3.33. The molecule has 3 heterocycles. The molecule has 118 valence electrons. The molecule has 1 unspecified atom stereocenters. The minimum absolute atomic E-state index is 0.0330. The molecule has 0 spiro atoms.